The third-order valence-corrected chi connectivity index (χ3v) is 4.57. The molecule has 9 nitrogen and oxygen atoms in total. The molecule has 0 aromatic carbocycles. The lowest BCUT2D eigenvalue weighted by atomic mass is 9.96. The lowest BCUT2D eigenvalue weighted by molar-refractivity contribution is -0.168. The molecule has 0 aromatic rings. The van der Waals surface area contributed by atoms with E-state index in [2.05, 4.69) is 5.32 Å². The molecule has 0 aliphatic carbocycles. The summed E-state index contributed by atoms with van der Waals surface area (Å²) in [5.74, 6) is -2.56. The average Bonchev–Trinajstić information content (AvgIpc) is 2.64. The van der Waals surface area contributed by atoms with E-state index in [0.29, 0.717) is 12.8 Å². The lowest BCUT2D eigenvalue weighted by Gasteiger charge is -2.26. The predicted octanol–water partition coefficient (Wildman–Crippen LogP) is 3.13. The van der Waals surface area contributed by atoms with Crippen LogP contribution in [-0.2, 0) is 33.3 Å². The molecule has 0 radical (unpaired) electrons. The van der Waals surface area contributed by atoms with Gasteiger partial charge in [-0.05, 0) is 40.0 Å². The Morgan fingerprint density at radius 1 is 1.19 bits per heavy atom. The lowest BCUT2D eigenvalue weighted by Crippen LogP contribution is -2.51. The van der Waals surface area contributed by atoms with Gasteiger partial charge < -0.3 is 24.3 Å². The Hall–Kier alpha value is -2.32. The minimum atomic E-state index is -1.25. The molecule has 1 amide bonds. The standard InChI is InChI=1S/C22H37NO8/c1-8-9-10-15-16(30-17(24)11-13(2)3)12-28-20(26)18(14(4)29-19(15)25)23-21(27)31-22(5,6)7/h13-16,18H,8-12H2,1-7H3,(H,23,27)/t14-,15-,16+,18+/m1/s1. The normalized spacial score (nSPS) is 24.9. The number of unbranched alkanes of at least 4 members (excludes halogenated alkanes) is 1. The van der Waals surface area contributed by atoms with Crippen LogP contribution in [0, 0.1) is 11.8 Å². The zero-order valence-electron chi connectivity index (χ0n) is 19.7. The fourth-order valence-corrected chi connectivity index (χ4v) is 3.06. The summed E-state index contributed by atoms with van der Waals surface area (Å²) in [6.07, 6.45) is -0.653. The van der Waals surface area contributed by atoms with Crippen molar-refractivity contribution in [3.63, 3.8) is 0 Å². The van der Waals surface area contributed by atoms with E-state index in [0.717, 1.165) is 6.42 Å². The molecular weight excluding hydrogens is 406 g/mol. The van der Waals surface area contributed by atoms with Crippen molar-refractivity contribution >= 4 is 24.0 Å². The first-order valence-corrected chi connectivity index (χ1v) is 10.9. The summed E-state index contributed by atoms with van der Waals surface area (Å²) < 4.78 is 21.5. The minimum Gasteiger partial charge on any atom is -0.460 e. The first kappa shape index (κ1) is 26.7. The van der Waals surface area contributed by atoms with Gasteiger partial charge >= 0.3 is 24.0 Å². The molecule has 1 saturated heterocycles. The number of rotatable bonds is 7. The van der Waals surface area contributed by atoms with Gasteiger partial charge in [0.2, 0.25) is 0 Å². The molecule has 1 heterocycles. The molecule has 9 heteroatoms. The van der Waals surface area contributed by atoms with Crippen LogP contribution in [-0.4, -0.2) is 54.5 Å². The fraction of sp³-hybridized carbons (Fsp3) is 0.818. The maximum atomic E-state index is 12.9. The summed E-state index contributed by atoms with van der Waals surface area (Å²) in [5.41, 5.74) is -0.770. The molecule has 178 valence electrons. The van der Waals surface area contributed by atoms with Gasteiger partial charge in [-0.1, -0.05) is 33.6 Å². The Bertz CT molecular complexity index is 640. The van der Waals surface area contributed by atoms with Gasteiger partial charge in [-0.15, -0.1) is 0 Å². The van der Waals surface area contributed by atoms with Crippen LogP contribution < -0.4 is 5.32 Å². The number of carbonyl (C=O) groups is 4. The Morgan fingerprint density at radius 2 is 1.84 bits per heavy atom. The Labute approximate surface area is 184 Å². The highest BCUT2D eigenvalue weighted by Crippen LogP contribution is 2.23. The maximum Gasteiger partial charge on any atom is 0.408 e. The van der Waals surface area contributed by atoms with Crippen molar-refractivity contribution in [3.05, 3.63) is 0 Å². The van der Waals surface area contributed by atoms with E-state index in [1.54, 1.807) is 20.8 Å². The second-order valence-corrected chi connectivity index (χ2v) is 9.27. The first-order valence-electron chi connectivity index (χ1n) is 10.9. The van der Waals surface area contributed by atoms with E-state index in [4.69, 9.17) is 18.9 Å². The summed E-state index contributed by atoms with van der Waals surface area (Å²) in [6.45, 7) is 12.0. The van der Waals surface area contributed by atoms with Crippen molar-refractivity contribution in [2.75, 3.05) is 6.61 Å². The van der Waals surface area contributed by atoms with Crippen LogP contribution in [0.4, 0.5) is 4.79 Å². The third kappa shape index (κ3) is 9.57. The predicted molar refractivity (Wildman–Crippen MR) is 112 cm³/mol. The summed E-state index contributed by atoms with van der Waals surface area (Å²) in [6, 6.07) is -1.25. The Morgan fingerprint density at radius 3 is 2.39 bits per heavy atom. The van der Waals surface area contributed by atoms with Gasteiger partial charge in [0.15, 0.2) is 6.04 Å². The number of ether oxygens (including phenoxy) is 4. The quantitative estimate of drug-likeness (QED) is 0.471. The van der Waals surface area contributed by atoms with Crippen LogP contribution in [0.15, 0.2) is 0 Å². The van der Waals surface area contributed by atoms with Crippen molar-refractivity contribution < 1.29 is 38.1 Å². The molecular formula is C22H37NO8. The number of cyclic esters (lactones) is 2. The summed E-state index contributed by atoms with van der Waals surface area (Å²) in [4.78, 5) is 49.9. The van der Waals surface area contributed by atoms with Gasteiger partial charge in [0.05, 0.1) is 5.92 Å². The van der Waals surface area contributed by atoms with Crippen molar-refractivity contribution in [2.45, 2.75) is 98.0 Å². The second kappa shape index (κ2) is 11.9. The smallest absolute Gasteiger partial charge is 0.408 e. The van der Waals surface area contributed by atoms with Gasteiger partial charge in [0.25, 0.3) is 0 Å². The molecule has 0 aromatic heterocycles. The minimum absolute atomic E-state index is 0.0786. The van der Waals surface area contributed by atoms with E-state index in [1.807, 2.05) is 20.8 Å². The van der Waals surface area contributed by atoms with Crippen LogP contribution in [0.2, 0.25) is 0 Å². The molecule has 1 aliphatic rings. The van der Waals surface area contributed by atoms with Crippen LogP contribution in [0.1, 0.15) is 74.1 Å². The number of esters is 3. The van der Waals surface area contributed by atoms with Crippen LogP contribution >= 0.6 is 0 Å². The van der Waals surface area contributed by atoms with E-state index >= 15 is 0 Å². The highest BCUT2D eigenvalue weighted by atomic mass is 16.6. The number of hydrogen-bond donors (Lipinski definition) is 1. The highest BCUT2D eigenvalue weighted by Gasteiger charge is 2.40. The van der Waals surface area contributed by atoms with Gasteiger partial charge in [-0.2, -0.15) is 0 Å². The van der Waals surface area contributed by atoms with Crippen LogP contribution in [0.3, 0.4) is 0 Å². The molecule has 0 unspecified atom stereocenters. The Kier molecular flexibility index (Phi) is 10.3. The number of alkyl carbamates (subject to hydrolysis) is 1. The van der Waals surface area contributed by atoms with Crippen molar-refractivity contribution in [3.8, 4) is 0 Å². The zero-order chi connectivity index (χ0) is 23.8. The monoisotopic (exact) mass is 443 g/mol. The third-order valence-electron chi connectivity index (χ3n) is 4.57. The van der Waals surface area contributed by atoms with E-state index < -0.39 is 53.8 Å². The van der Waals surface area contributed by atoms with E-state index in [9.17, 15) is 19.2 Å². The second-order valence-electron chi connectivity index (χ2n) is 9.27. The molecule has 1 aliphatic heterocycles. The molecule has 0 bridgehead atoms. The number of amides is 1. The number of nitrogens with one attached hydrogen (secondary N) is 1. The van der Waals surface area contributed by atoms with Crippen LogP contribution in [0.25, 0.3) is 0 Å². The number of hydrogen-bond acceptors (Lipinski definition) is 8. The zero-order valence-corrected chi connectivity index (χ0v) is 19.7. The molecule has 1 fully saturated rings. The van der Waals surface area contributed by atoms with Crippen molar-refractivity contribution in [2.24, 2.45) is 11.8 Å². The Balaban J connectivity index is 3.05. The highest BCUT2D eigenvalue weighted by molar-refractivity contribution is 5.83. The summed E-state index contributed by atoms with van der Waals surface area (Å²) in [7, 11) is 0. The van der Waals surface area contributed by atoms with Crippen molar-refractivity contribution in [1.82, 2.24) is 5.32 Å². The molecule has 4 atom stereocenters. The molecule has 0 spiro atoms. The molecule has 31 heavy (non-hydrogen) atoms. The largest absolute Gasteiger partial charge is 0.460 e. The van der Waals surface area contributed by atoms with E-state index in [1.165, 1.54) is 6.92 Å². The van der Waals surface area contributed by atoms with Gasteiger partial charge in [0, 0.05) is 6.42 Å². The first-order chi connectivity index (χ1) is 14.3. The summed E-state index contributed by atoms with van der Waals surface area (Å²) in [5, 5.41) is 2.41. The fourth-order valence-electron chi connectivity index (χ4n) is 3.06. The van der Waals surface area contributed by atoms with Gasteiger partial charge in [-0.25, -0.2) is 9.59 Å². The van der Waals surface area contributed by atoms with Gasteiger partial charge in [-0.3, -0.25) is 9.59 Å². The van der Waals surface area contributed by atoms with Crippen LogP contribution in [0.5, 0.6) is 0 Å². The molecule has 1 rings (SSSR count). The number of carbonyl (C=O) groups excluding carboxylic acids is 4. The van der Waals surface area contributed by atoms with Crippen molar-refractivity contribution in [1.29, 1.82) is 0 Å². The van der Waals surface area contributed by atoms with Gasteiger partial charge in [0.1, 0.15) is 24.4 Å². The summed E-state index contributed by atoms with van der Waals surface area (Å²) >= 11 is 0. The average molecular weight is 444 g/mol. The van der Waals surface area contributed by atoms with E-state index in [-0.39, 0.29) is 18.9 Å². The topological polar surface area (TPSA) is 117 Å². The maximum absolute atomic E-state index is 12.9. The SMILES string of the molecule is CCCC[C@H]1C(=O)O[C@H](C)[C@H](NC(=O)OC(C)(C)C)C(=O)OC[C@@H]1OC(=O)CC(C)C. The molecule has 0 saturated carbocycles. The molecule has 1 N–H and O–H groups in total.